The van der Waals surface area contributed by atoms with E-state index in [9.17, 15) is 9.59 Å². The molecule has 136 valence electrons. The van der Waals surface area contributed by atoms with Gasteiger partial charge in [0.2, 0.25) is 5.91 Å². The molecule has 2 amide bonds. The Kier molecular flexibility index (Phi) is 6.02. The molecule has 1 saturated carbocycles. The van der Waals surface area contributed by atoms with E-state index in [0.717, 1.165) is 37.7 Å². The molecule has 0 bridgehead atoms. The minimum Gasteiger partial charge on any atom is -0.380 e. The van der Waals surface area contributed by atoms with Gasteiger partial charge in [0.1, 0.15) is 0 Å². The molecule has 1 aliphatic carbocycles. The SMILES string of the molecule is Cc1cncc(C(=O)N2CCCOCCNC(=O)[C@@H]3CCCC[C@@H]32)c1. The van der Waals surface area contributed by atoms with Crippen LogP contribution in [0, 0.1) is 12.8 Å². The summed E-state index contributed by atoms with van der Waals surface area (Å²) < 4.78 is 5.56. The Morgan fingerprint density at radius 2 is 2.08 bits per heavy atom. The van der Waals surface area contributed by atoms with Gasteiger partial charge in [0.15, 0.2) is 0 Å². The molecule has 0 unspecified atom stereocenters. The molecule has 2 atom stereocenters. The molecular weight excluding hydrogens is 318 g/mol. The molecular formula is C19H27N3O3. The van der Waals surface area contributed by atoms with Gasteiger partial charge in [-0.2, -0.15) is 0 Å². The van der Waals surface area contributed by atoms with Gasteiger partial charge in [-0.1, -0.05) is 12.8 Å². The van der Waals surface area contributed by atoms with Crippen molar-refractivity contribution < 1.29 is 14.3 Å². The molecule has 1 aliphatic heterocycles. The lowest BCUT2D eigenvalue weighted by molar-refractivity contribution is -0.128. The molecule has 1 saturated heterocycles. The number of rotatable bonds is 1. The smallest absolute Gasteiger partial charge is 0.255 e. The lowest BCUT2D eigenvalue weighted by Crippen LogP contribution is -2.51. The van der Waals surface area contributed by atoms with Crippen LogP contribution < -0.4 is 5.32 Å². The van der Waals surface area contributed by atoms with Crippen molar-refractivity contribution >= 4 is 11.8 Å². The zero-order valence-electron chi connectivity index (χ0n) is 14.9. The fourth-order valence-corrected chi connectivity index (χ4v) is 3.86. The zero-order chi connectivity index (χ0) is 17.6. The normalized spacial score (nSPS) is 25.5. The van der Waals surface area contributed by atoms with Gasteiger partial charge in [0, 0.05) is 38.1 Å². The first-order chi connectivity index (χ1) is 12.2. The van der Waals surface area contributed by atoms with E-state index in [1.54, 1.807) is 12.4 Å². The molecule has 1 N–H and O–H groups in total. The van der Waals surface area contributed by atoms with Crippen LogP contribution in [0.25, 0.3) is 0 Å². The fourth-order valence-electron chi connectivity index (χ4n) is 3.86. The number of hydrogen-bond acceptors (Lipinski definition) is 4. The minimum absolute atomic E-state index is 0.0276. The fraction of sp³-hybridized carbons (Fsp3) is 0.632. The number of aryl methyl sites for hydroxylation is 1. The van der Waals surface area contributed by atoms with E-state index in [1.165, 1.54) is 0 Å². The monoisotopic (exact) mass is 345 g/mol. The Morgan fingerprint density at radius 1 is 1.24 bits per heavy atom. The zero-order valence-corrected chi connectivity index (χ0v) is 14.9. The van der Waals surface area contributed by atoms with Crippen LogP contribution in [0.4, 0.5) is 0 Å². The first kappa shape index (κ1) is 17.9. The van der Waals surface area contributed by atoms with Crippen molar-refractivity contribution in [3.63, 3.8) is 0 Å². The number of pyridine rings is 1. The largest absolute Gasteiger partial charge is 0.380 e. The lowest BCUT2D eigenvalue weighted by atomic mass is 9.82. The number of nitrogens with one attached hydrogen (secondary N) is 1. The number of ether oxygens (including phenoxy) is 1. The number of hydrogen-bond donors (Lipinski definition) is 1. The van der Waals surface area contributed by atoms with E-state index >= 15 is 0 Å². The summed E-state index contributed by atoms with van der Waals surface area (Å²) in [5.74, 6) is -0.107. The van der Waals surface area contributed by atoms with Crippen LogP contribution in [-0.2, 0) is 9.53 Å². The molecule has 0 radical (unpaired) electrons. The maximum atomic E-state index is 13.2. The Hall–Kier alpha value is -1.95. The third-order valence-corrected chi connectivity index (χ3v) is 5.08. The Bertz CT molecular complexity index is 620. The Balaban J connectivity index is 1.88. The first-order valence-electron chi connectivity index (χ1n) is 9.25. The number of amides is 2. The molecule has 0 spiro atoms. The summed E-state index contributed by atoms with van der Waals surface area (Å²) in [4.78, 5) is 31.9. The molecule has 6 nitrogen and oxygen atoms in total. The molecule has 0 aromatic carbocycles. The number of carbonyl (C=O) groups excluding carboxylic acids is 2. The number of carbonyl (C=O) groups is 2. The third kappa shape index (κ3) is 4.37. The quantitative estimate of drug-likeness (QED) is 0.844. The molecule has 2 aliphatic rings. The summed E-state index contributed by atoms with van der Waals surface area (Å²) in [6.45, 7) is 4.21. The van der Waals surface area contributed by atoms with Crippen molar-refractivity contribution in [3.8, 4) is 0 Å². The van der Waals surface area contributed by atoms with Gasteiger partial charge in [-0.25, -0.2) is 0 Å². The van der Waals surface area contributed by atoms with Crippen LogP contribution >= 0.6 is 0 Å². The topological polar surface area (TPSA) is 71.5 Å². The molecule has 1 aromatic heterocycles. The standard InChI is InChI=1S/C19H27N3O3/c1-14-11-15(13-20-12-14)19(24)22-8-4-9-25-10-7-21-18(23)16-5-2-3-6-17(16)22/h11-13,16-17H,2-10H2,1H3,(H,21,23)/t16-,17+/m1/s1. The average Bonchev–Trinajstić information content (AvgIpc) is 2.66. The maximum Gasteiger partial charge on any atom is 0.255 e. The summed E-state index contributed by atoms with van der Waals surface area (Å²) in [6, 6.07) is 1.83. The van der Waals surface area contributed by atoms with Gasteiger partial charge < -0.3 is 15.0 Å². The van der Waals surface area contributed by atoms with Crippen molar-refractivity contribution in [2.75, 3.05) is 26.3 Å². The second-order valence-electron chi connectivity index (χ2n) is 6.96. The van der Waals surface area contributed by atoms with Gasteiger partial charge in [-0.05, 0) is 37.8 Å². The predicted molar refractivity (Wildman–Crippen MR) is 94.2 cm³/mol. The van der Waals surface area contributed by atoms with E-state index < -0.39 is 0 Å². The molecule has 6 heteroatoms. The summed E-state index contributed by atoms with van der Waals surface area (Å²) in [5.41, 5.74) is 1.56. The third-order valence-electron chi connectivity index (χ3n) is 5.08. The second-order valence-corrected chi connectivity index (χ2v) is 6.96. The Labute approximate surface area is 148 Å². The van der Waals surface area contributed by atoms with Crippen LogP contribution in [0.1, 0.15) is 48.0 Å². The van der Waals surface area contributed by atoms with E-state index in [4.69, 9.17) is 4.74 Å². The van der Waals surface area contributed by atoms with E-state index in [-0.39, 0.29) is 23.8 Å². The summed E-state index contributed by atoms with van der Waals surface area (Å²) in [6.07, 6.45) is 7.96. The molecule has 25 heavy (non-hydrogen) atoms. The van der Waals surface area contributed by atoms with Crippen molar-refractivity contribution in [3.05, 3.63) is 29.6 Å². The molecule has 1 aromatic rings. The van der Waals surface area contributed by atoms with E-state index in [0.29, 0.717) is 31.9 Å². The van der Waals surface area contributed by atoms with Gasteiger partial charge in [0.25, 0.3) is 5.91 Å². The summed E-state index contributed by atoms with van der Waals surface area (Å²) >= 11 is 0. The summed E-state index contributed by atoms with van der Waals surface area (Å²) in [7, 11) is 0. The highest BCUT2D eigenvalue weighted by Gasteiger charge is 2.37. The number of fused-ring (bicyclic) bond motifs is 1. The highest BCUT2D eigenvalue weighted by molar-refractivity contribution is 5.94. The van der Waals surface area contributed by atoms with Crippen molar-refractivity contribution in [2.24, 2.45) is 5.92 Å². The van der Waals surface area contributed by atoms with Crippen LogP contribution in [0.5, 0.6) is 0 Å². The maximum absolute atomic E-state index is 13.2. The molecule has 2 fully saturated rings. The molecule has 2 heterocycles. The predicted octanol–water partition coefficient (Wildman–Crippen LogP) is 1.93. The van der Waals surface area contributed by atoms with E-state index in [1.807, 2.05) is 17.9 Å². The minimum atomic E-state index is -0.131. The number of aromatic nitrogens is 1. The summed E-state index contributed by atoms with van der Waals surface area (Å²) in [5, 5.41) is 2.97. The van der Waals surface area contributed by atoms with Crippen molar-refractivity contribution in [1.29, 1.82) is 0 Å². The van der Waals surface area contributed by atoms with Crippen LogP contribution in [0.15, 0.2) is 18.5 Å². The van der Waals surface area contributed by atoms with Gasteiger partial charge in [-0.15, -0.1) is 0 Å². The van der Waals surface area contributed by atoms with Crippen LogP contribution in [0.2, 0.25) is 0 Å². The highest BCUT2D eigenvalue weighted by Crippen LogP contribution is 2.30. The first-order valence-corrected chi connectivity index (χ1v) is 9.25. The molecule has 3 rings (SSSR count). The van der Waals surface area contributed by atoms with Crippen LogP contribution in [0.3, 0.4) is 0 Å². The van der Waals surface area contributed by atoms with Crippen molar-refractivity contribution in [2.45, 2.75) is 45.1 Å². The van der Waals surface area contributed by atoms with E-state index in [2.05, 4.69) is 10.3 Å². The average molecular weight is 345 g/mol. The van der Waals surface area contributed by atoms with Gasteiger partial charge >= 0.3 is 0 Å². The highest BCUT2D eigenvalue weighted by atomic mass is 16.5. The number of nitrogens with zero attached hydrogens (tertiary/aromatic N) is 2. The second kappa shape index (κ2) is 8.43. The van der Waals surface area contributed by atoms with Gasteiger partial charge in [0.05, 0.1) is 18.1 Å². The van der Waals surface area contributed by atoms with Crippen LogP contribution in [-0.4, -0.2) is 54.0 Å². The van der Waals surface area contributed by atoms with Gasteiger partial charge in [-0.3, -0.25) is 14.6 Å². The van der Waals surface area contributed by atoms with Crippen molar-refractivity contribution in [1.82, 2.24) is 15.2 Å². The lowest BCUT2D eigenvalue weighted by Gasteiger charge is -2.39. The Morgan fingerprint density at radius 3 is 2.92 bits per heavy atom.